The second kappa shape index (κ2) is 8.57. The highest BCUT2D eigenvalue weighted by molar-refractivity contribution is 7.99. The third kappa shape index (κ3) is 5.28. The minimum atomic E-state index is 0.0463. The first-order valence-corrected chi connectivity index (χ1v) is 8.50. The minimum absolute atomic E-state index is 0.0463. The summed E-state index contributed by atoms with van der Waals surface area (Å²) in [5, 5.41) is 8.71. The Morgan fingerprint density at radius 3 is 2.78 bits per heavy atom. The van der Waals surface area contributed by atoms with Crippen molar-refractivity contribution in [3.8, 4) is 5.75 Å². The van der Waals surface area contributed by atoms with Crippen molar-refractivity contribution in [1.29, 1.82) is 0 Å². The molecule has 1 amide bonds. The summed E-state index contributed by atoms with van der Waals surface area (Å²) >= 11 is 1.41. The Bertz CT molecular complexity index is 616. The molecule has 2 rings (SSSR count). The van der Waals surface area contributed by atoms with E-state index in [1.165, 1.54) is 11.8 Å². The number of para-hydroxylation sites is 1. The van der Waals surface area contributed by atoms with E-state index in [0.29, 0.717) is 18.9 Å². The van der Waals surface area contributed by atoms with Gasteiger partial charge in [0.1, 0.15) is 18.7 Å². The quantitative estimate of drug-likeness (QED) is 0.694. The van der Waals surface area contributed by atoms with Crippen LogP contribution >= 0.6 is 11.8 Å². The van der Waals surface area contributed by atoms with Crippen LogP contribution in [0.15, 0.2) is 41.8 Å². The largest absolute Gasteiger partial charge is 0.492 e. The number of amides is 1. The lowest BCUT2D eigenvalue weighted by molar-refractivity contribution is -0.127. The molecule has 0 aliphatic rings. The van der Waals surface area contributed by atoms with Crippen molar-refractivity contribution in [2.75, 3.05) is 26.0 Å². The number of likely N-dealkylation sites (N-methyl/N-ethyl adjacent to an activating group) is 1. The highest BCUT2D eigenvalue weighted by Gasteiger charge is 2.13. The summed E-state index contributed by atoms with van der Waals surface area (Å²) in [6, 6.07) is 9.86. The van der Waals surface area contributed by atoms with Gasteiger partial charge < -0.3 is 14.2 Å². The second-order valence-electron chi connectivity index (χ2n) is 5.38. The van der Waals surface area contributed by atoms with E-state index in [-0.39, 0.29) is 11.9 Å². The van der Waals surface area contributed by atoms with E-state index in [2.05, 4.69) is 24.0 Å². The summed E-state index contributed by atoms with van der Waals surface area (Å²) in [6.07, 6.45) is 1.69. The van der Waals surface area contributed by atoms with Crippen molar-refractivity contribution in [3.05, 3.63) is 36.7 Å². The zero-order valence-electron chi connectivity index (χ0n) is 13.7. The van der Waals surface area contributed by atoms with Gasteiger partial charge in [0.2, 0.25) is 5.91 Å². The molecule has 0 unspecified atom stereocenters. The molecule has 0 saturated heterocycles. The molecule has 0 N–H and O–H groups in total. The second-order valence-corrected chi connectivity index (χ2v) is 6.32. The Morgan fingerprint density at radius 1 is 1.35 bits per heavy atom. The normalized spacial score (nSPS) is 10.8. The molecule has 2 aromatic rings. The van der Waals surface area contributed by atoms with Gasteiger partial charge in [-0.25, -0.2) is 0 Å². The number of thioether (sulfide) groups is 1. The van der Waals surface area contributed by atoms with Crippen molar-refractivity contribution < 1.29 is 9.53 Å². The van der Waals surface area contributed by atoms with Gasteiger partial charge in [-0.15, -0.1) is 10.2 Å². The van der Waals surface area contributed by atoms with Gasteiger partial charge in [0, 0.05) is 13.1 Å². The van der Waals surface area contributed by atoms with E-state index in [9.17, 15) is 4.79 Å². The Hall–Kier alpha value is -2.02. The molecule has 0 aliphatic heterocycles. The zero-order valence-corrected chi connectivity index (χ0v) is 14.5. The summed E-state index contributed by atoms with van der Waals surface area (Å²) in [5.41, 5.74) is 0. The van der Waals surface area contributed by atoms with Crippen LogP contribution in [0.3, 0.4) is 0 Å². The third-order valence-electron chi connectivity index (χ3n) is 3.29. The van der Waals surface area contributed by atoms with Crippen molar-refractivity contribution in [2.45, 2.75) is 25.0 Å². The number of rotatable bonds is 8. The fraction of sp³-hybridized carbons (Fsp3) is 0.438. The predicted octanol–water partition coefficient (Wildman–Crippen LogP) is 2.49. The van der Waals surface area contributed by atoms with Crippen LogP contribution < -0.4 is 4.74 Å². The molecule has 0 atom stereocenters. The van der Waals surface area contributed by atoms with Crippen LogP contribution in [-0.2, 0) is 4.79 Å². The molecular formula is C16H22N4O2S. The number of hydrogen-bond acceptors (Lipinski definition) is 5. The maximum Gasteiger partial charge on any atom is 0.232 e. The van der Waals surface area contributed by atoms with Crippen LogP contribution in [0.5, 0.6) is 5.75 Å². The lowest BCUT2D eigenvalue weighted by Crippen LogP contribution is -2.32. The van der Waals surface area contributed by atoms with E-state index in [1.54, 1.807) is 18.3 Å². The van der Waals surface area contributed by atoms with Gasteiger partial charge in [-0.1, -0.05) is 30.0 Å². The number of benzene rings is 1. The molecule has 0 saturated carbocycles. The first kappa shape index (κ1) is 17.3. The Labute approximate surface area is 140 Å². The topological polar surface area (TPSA) is 60.2 Å². The molecule has 1 heterocycles. The minimum Gasteiger partial charge on any atom is -0.492 e. The smallest absolute Gasteiger partial charge is 0.232 e. The lowest BCUT2D eigenvalue weighted by atomic mass is 10.3. The molecule has 1 aromatic carbocycles. The number of carbonyl (C=O) groups excluding carboxylic acids is 1. The van der Waals surface area contributed by atoms with Crippen molar-refractivity contribution in [1.82, 2.24) is 19.7 Å². The number of ether oxygens (including phenoxy) is 1. The molecular weight excluding hydrogens is 312 g/mol. The van der Waals surface area contributed by atoms with Crippen LogP contribution in [0.25, 0.3) is 0 Å². The van der Waals surface area contributed by atoms with E-state index < -0.39 is 0 Å². The number of nitrogens with zero attached hydrogens (tertiary/aromatic N) is 4. The number of aromatic nitrogens is 3. The Balaban J connectivity index is 1.73. The maximum absolute atomic E-state index is 12.2. The molecule has 0 aliphatic carbocycles. The van der Waals surface area contributed by atoms with E-state index in [1.807, 2.05) is 34.9 Å². The first-order valence-electron chi connectivity index (χ1n) is 7.52. The SMILES string of the molecule is CC(C)n1cnnc1SCC(=O)N(C)CCOc1ccccc1. The monoisotopic (exact) mass is 334 g/mol. The fourth-order valence-corrected chi connectivity index (χ4v) is 2.85. The average Bonchev–Trinajstić information content (AvgIpc) is 3.02. The molecule has 23 heavy (non-hydrogen) atoms. The maximum atomic E-state index is 12.2. The van der Waals surface area contributed by atoms with Crippen LogP contribution in [0.2, 0.25) is 0 Å². The van der Waals surface area contributed by atoms with Crippen LogP contribution in [0, 0.1) is 0 Å². The van der Waals surface area contributed by atoms with Crippen molar-refractivity contribution in [2.24, 2.45) is 0 Å². The van der Waals surface area contributed by atoms with Gasteiger partial charge in [0.25, 0.3) is 0 Å². The van der Waals surface area contributed by atoms with Gasteiger partial charge in [0.15, 0.2) is 5.16 Å². The van der Waals surface area contributed by atoms with Crippen LogP contribution in [0.4, 0.5) is 0 Å². The van der Waals surface area contributed by atoms with Crippen molar-refractivity contribution in [3.63, 3.8) is 0 Å². The van der Waals surface area contributed by atoms with Crippen LogP contribution in [-0.4, -0.2) is 51.5 Å². The van der Waals surface area contributed by atoms with Gasteiger partial charge >= 0.3 is 0 Å². The number of hydrogen-bond donors (Lipinski definition) is 0. The zero-order chi connectivity index (χ0) is 16.7. The van der Waals surface area contributed by atoms with Gasteiger partial charge in [-0.05, 0) is 26.0 Å². The molecule has 0 bridgehead atoms. The molecule has 0 fully saturated rings. The molecule has 124 valence electrons. The average molecular weight is 334 g/mol. The Kier molecular flexibility index (Phi) is 6.46. The summed E-state index contributed by atoms with van der Waals surface area (Å²) in [4.78, 5) is 13.8. The molecule has 0 radical (unpaired) electrons. The van der Waals surface area contributed by atoms with Gasteiger partial charge in [0.05, 0.1) is 12.3 Å². The Morgan fingerprint density at radius 2 is 2.09 bits per heavy atom. The molecule has 0 spiro atoms. The van der Waals surface area contributed by atoms with Gasteiger partial charge in [-0.2, -0.15) is 0 Å². The summed E-state index contributed by atoms with van der Waals surface area (Å²) in [7, 11) is 1.78. The third-order valence-corrected chi connectivity index (χ3v) is 4.23. The van der Waals surface area contributed by atoms with Crippen LogP contribution in [0.1, 0.15) is 19.9 Å². The number of carbonyl (C=O) groups is 1. The summed E-state index contributed by atoms with van der Waals surface area (Å²) < 4.78 is 7.56. The molecule has 1 aromatic heterocycles. The van der Waals surface area contributed by atoms with E-state index in [0.717, 1.165) is 10.9 Å². The standard InChI is InChI=1S/C16H22N4O2S/c1-13(2)20-12-17-18-16(20)23-11-15(21)19(3)9-10-22-14-7-5-4-6-8-14/h4-8,12-13H,9-11H2,1-3H3. The highest BCUT2D eigenvalue weighted by atomic mass is 32.2. The van der Waals surface area contributed by atoms with Gasteiger partial charge in [-0.3, -0.25) is 4.79 Å². The van der Waals surface area contributed by atoms with E-state index in [4.69, 9.17) is 4.74 Å². The summed E-state index contributed by atoms with van der Waals surface area (Å²) in [5.74, 6) is 1.20. The van der Waals surface area contributed by atoms with E-state index >= 15 is 0 Å². The first-order chi connectivity index (χ1) is 11.1. The molecule has 7 heteroatoms. The highest BCUT2D eigenvalue weighted by Crippen LogP contribution is 2.18. The molecule has 6 nitrogen and oxygen atoms in total. The van der Waals surface area contributed by atoms with Crippen molar-refractivity contribution >= 4 is 17.7 Å². The summed E-state index contributed by atoms with van der Waals surface area (Å²) in [6.45, 7) is 5.13. The lowest BCUT2D eigenvalue weighted by Gasteiger charge is -2.17. The fourth-order valence-electron chi connectivity index (χ4n) is 1.87. The predicted molar refractivity (Wildman–Crippen MR) is 90.7 cm³/mol.